The molecule has 0 spiro atoms. The van der Waals surface area contributed by atoms with E-state index in [9.17, 15) is 4.79 Å². The average Bonchev–Trinajstić information content (AvgIpc) is 3.65. The van der Waals surface area contributed by atoms with Crippen molar-refractivity contribution in [3.63, 3.8) is 0 Å². The van der Waals surface area contributed by atoms with E-state index < -0.39 is 14.0 Å². The number of aromatic nitrogens is 4. The molecule has 0 bridgehead atoms. The number of hydrogen-bond acceptors (Lipinski definition) is 12. The van der Waals surface area contributed by atoms with E-state index in [1.165, 1.54) is 11.3 Å². The van der Waals surface area contributed by atoms with E-state index in [1.807, 2.05) is 55.3 Å². The number of rotatable bonds is 14. The number of thiazole rings is 2. The van der Waals surface area contributed by atoms with Crippen LogP contribution in [0.1, 0.15) is 28.5 Å². The molecule has 2 aromatic carbocycles. The van der Waals surface area contributed by atoms with Gasteiger partial charge in [-0.2, -0.15) is 4.99 Å². The Morgan fingerprint density at radius 3 is 2.55 bits per heavy atom. The predicted octanol–water partition coefficient (Wildman–Crippen LogP) is 7.15. The molecule has 0 radical (unpaired) electrons. The van der Waals surface area contributed by atoms with E-state index in [4.69, 9.17) is 24.2 Å². The maximum atomic E-state index is 13.0. The number of hydrogen-bond donors (Lipinski definition) is 0. The molecular weight excluding hydrogens is 675 g/mol. The molecule has 0 N–H and O–H groups in total. The Hall–Kier alpha value is -3.95. The van der Waals surface area contributed by atoms with Crippen LogP contribution in [0, 0.1) is 6.92 Å². The molecule has 5 aromatic rings. The Kier molecular flexibility index (Phi) is 10.9. The molecule has 1 fully saturated rings. The highest BCUT2D eigenvalue weighted by Crippen LogP contribution is 2.39. The van der Waals surface area contributed by atoms with Gasteiger partial charge in [0.2, 0.25) is 0 Å². The lowest BCUT2D eigenvalue weighted by Gasteiger charge is -2.39. The number of benzene rings is 2. The maximum Gasteiger partial charge on any atom is 0.360 e. The summed E-state index contributed by atoms with van der Waals surface area (Å²) in [6, 6.07) is 21.4. The molecule has 49 heavy (non-hydrogen) atoms. The van der Waals surface area contributed by atoms with Gasteiger partial charge in [0.1, 0.15) is 11.7 Å². The number of carbonyl (C=O) groups excluding carboxylic acids is 1. The van der Waals surface area contributed by atoms with Gasteiger partial charge in [0.15, 0.2) is 27.3 Å². The zero-order chi connectivity index (χ0) is 34.5. The topological polar surface area (TPSA) is 107 Å². The standard InChI is InChI=1S/C35H43N7O4S2Si/c1-7-45-33(43)30-32(41-20-26(21-41)46-22-25-13-9-8-10-14-25)48-34(36-30)40(3)29-19-24(2)31(39-38-29)37-35-42(23-44-17-18-49(4,5)6)27-15-11-12-16-28(27)47-35/h8-16,19,26H,7,17-18,20-23H2,1-6H3/b37-35-. The molecule has 1 aliphatic rings. The van der Waals surface area contributed by atoms with Gasteiger partial charge in [-0.25, -0.2) is 9.78 Å². The molecule has 3 aromatic heterocycles. The van der Waals surface area contributed by atoms with Crippen molar-refractivity contribution in [3.05, 3.63) is 82.3 Å². The number of ether oxygens (including phenoxy) is 3. The van der Waals surface area contributed by atoms with Crippen molar-refractivity contribution in [2.75, 3.05) is 43.2 Å². The van der Waals surface area contributed by atoms with Crippen LogP contribution in [0.4, 0.5) is 21.8 Å². The zero-order valence-corrected chi connectivity index (χ0v) is 31.5. The quantitative estimate of drug-likeness (QED) is 0.0673. The zero-order valence-electron chi connectivity index (χ0n) is 28.9. The van der Waals surface area contributed by atoms with Crippen LogP contribution >= 0.6 is 22.7 Å². The third-order valence-corrected chi connectivity index (χ3v) is 12.1. The summed E-state index contributed by atoms with van der Waals surface area (Å²) in [5.74, 6) is 0.687. The average molecular weight is 718 g/mol. The fraction of sp³-hybridized carbons (Fsp3) is 0.400. The van der Waals surface area contributed by atoms with E-state index in [1.54, 1.807) is 18.3 Å². The smallest absolute Gasteiger partial charge is 0.360 e. The maximum absolute atomic E-state index is 13.0. The molecule has 14 heteroatoms. The highest BCUT2D eigenvalue weighted by molar-refractivity contribution is 7.20. The summed E-state index contributed by atoms with van der Waals surface area (Å²) in [5.41, 5.74) is 3.38. The first kappa shape index (κ1) is 34.9. The van der Waals surface area contributed by atoms with E-state index in [0.717, 1.165) is 43.8 Å². The second kappa shape index (κ2) is 15.3. The molecule has 0 amide bonds. The largest absolute Gasteiger partial charge is 0.461 e. The molecule has 0 aliphatic carbocycles. The van der Waals surface area contributed by atoms with Crippen molar-refractivity contribution in [1.29, 1.82) is 0 Å². The lowest BCUT2D eigenvalue weighted by atomic mass is 10.1. The molecule has 1 aliphatic heterocycles. The number of fused-ring (bicyclic) bond motifs is 1. The van der Waals surface area contributed by atoms with Crippen LogP contribution in [0.3, 0.4) is 0 Å². The number of anilines is 3. The summed E-state index contributed by atoms with van der Waals surface area (Å²) < 4.78 is 20.8. The number of esters is 1. The SMILES string of the molecule is CCOC(=O)c1nc(N(C)c2cc(C)c(/N=c3\sc4ccccc4n3COCC[Si](C)(C)C)nn2)sc1N1CC(OCc2ccccc2)C1. The van der Waals surface area contributed by atoms with E-state index >= 15 is 0 Å². The van der Waals surface area contributed by atoms with Crippen LogP contribution in [0.2, 0.25) is 25.7 Å². The van der Waals surface area contributed by atoms with Crippen LogP contribution in [0.25, 0.3) is 10.2 Å². The fourth-order valence-electron chi connectivity index (χ4n) is 5.18. The second-order valence-electron chi connectivity index (χ2n) is 13.2. The molecule has 6 rings (SSSR count). The summed E-state index contributed by atoms with van der Waals surface area (Å²) in [4.78, 5) is 27.4. The molecular formula is C35H43N7O4S2Si. The van der Waals surface area contributed by atoms with Crippen LogP contribution in [0.5, 0.6) is 0 Å². The van der Waals surface area contributed by atoms with Crippen molar-refractivity contribution < 1.29 is 19.0 Å². The molecule has 0 saturated carbocycles. The van der Waals surface area contributed by atoms with Gasteiger partial charge in [-0.3, -0.25) is 4.57 Å². The normalized spacial score (nSPS) is 14.0. The minimum Gasteiger partial charge on any atom is -0.461 e. The minimum absolute atomic E-state index is 0.0691. The van der Waals surface area contributed by atoms with Crippen molar-refractivity contribution in [2.45, 2.75) is 59.0 Å². The van der Waals surface area contributed by atoms with Gasteiger partial charge in [-0.05, 0) is 49.2 Å². The lowest BCUT2D eigenvalue weighted by Crippen LogP contribution is -2.52. The van der Waals surface area contributed by atoms with Crippen molar-refractivity contribution >= 4 is 68.7 Å². The van der Waals surface area contributed by atoms with Gasteiger partial charge < -0.3 is 24.0 Å². The van der Waals surface area contributed by atoms with Crippen LogP contribution in [-0.2, 0) is 27.5 Å². The second-order valence-corrected chi connectivity index (χ2v) is 20.8. The Morgan fingerprint density at radius 2 is 1.82 bits per heavy atom. The molecule has 4 heterocycles. The van der Waals surface area contributed by atoms with Crippen LogP contribution < -0.4 is 14.6 Å². The van der Waals surface area contributed by atoms with Gasteiger partial charge in [0.25, 0.3) is 0 Å². The monoisotopic (exact) mass is 717 g/mol. The first-order valence-electron chi connectivity index (χ1n) is 16.5. The number of para-hydroxylation sites is 1. The predicted molar refractivity (Wildman–Crippen MR) is 199 cm³/mol. The van der Waals surface area contributed by atoms with Crippen molar-refractivity contribution in [2.24, 2.45) is 4.99 Å². The summed E-state index contributed by atoms with van der Waals surface area (Å²) in [5, 5.41) is 10.4. The summed E-state index contributed by atoms with van der Waals surface area (Å²) >= 11 is 3.03. The molecule has 11 nitrogen and oxygen atoms in total. The third-order valence-electron chi connectivity index (χ3n) is 8.11. The fourth-order valence-corrected chi connectivity index (χ4v) is 8.00. The van der Waals surface area contributed by atoms with Gasteiger partial charge in [0, 0.05) is 34.8 Å². The molecule has 1 saturated heterocycles. The van der Waals surface area contributed by atoms with E-state index in [2.05, 4.69) is 63.6 Å². The van der Waals surface area contributed by atoms with E-state index in [-0.39, 0.29) is 12.7 Å². The Balaban J connectivity index is 1.20. The molecule has 0 unspecified atom stereocenters. The van der Waals surface area contributed by atoms with Crippen molar-refractivity contribution in [3.8, 4) is 0 Å². The first-order valence-corrected chi connectivity index (χ1v) is 21.8. The van der Waals surface area contributed by atoms with Gasteiger partial charge in [-0.1, -0.05) is 84.8 Å². The highest BCUT2D eigenvalue weighted by Gasteiger charge is 2.34. The Morgan fingerprint density at radius 1 is 1.06 bits per heavy atom. The van der Waals surface area contributed by atoms with Crippen LogP contribution in [0.15, 0.2) is 65.7 Å². The van der Waals surface area contributed by atoms with Gasteiger partial charge in [0.05, 0.1) is 29.5 Å². The Bertz CT molecular complexity index is 1970. The minimum atomic E-state index is -1.20. The summed E-state index contributed by atoms with van der Waals surface area (Å²) in [6.45, 7) is 14.1. The number of nitrogens with zero attached hydrogens (tertiary/aromatic N) is 7. The molecule has 0 atom stereocenters. The van der Waals surface area contributed by atoms with Crippen LogP contribution in [-0.4, -0.2) is 73.2 Å². The number of carbonyl (C=O) groups is 1. The number of aryl methyl sites for hydroxylation is 1. The van der Waals surface area contributed by atoms with E-state index in [0.29, 0.717) is 48.9 Å². The Labute approximate surface area is 295 Å². The summed E-state index contributed by atoms with van der Waals surface area (Å²) in [7, 11) is 0.674. The third kappa shape index (κ3) is 8.44. The van der Waals surface area contributed by atoms with Crippen molar-refractivity contribution in [1.82, 2.24) is 19.7 Å². The molecule has 258 valence electrons. The summed E-state index contributed by atoms with van der Waals surface area (Å²) in [6.07, 6.45) is 0.0691. The lowest BCUT2D eigenvalue weighted by molar-refractivity contribution is 0.0224. The highest BCUT2D eigenvalue weighted by atomic mass is 32.1. The first-order chi connectivity index (χ1) is 23.6. The van der Waals surface area contributed by atoms with Gasteiger partial charge in [-0.15, -0.1) is 10.2 Å². The van der Waals surface area contributed by atoms with Gasteiger partial charge >= 0.3 is 5.97 Å².